The van der Waals surface area contributed by atoms with Gasteiger partial charge < -0.3 is 10.4 Å². The largest absolute Gasteiger partial charge is 0.361 e. The van der Waals surface area contributed by atoms with Crippen LogP contribution in [-0.4, -0.2) is 34.4 Å². The summed E-state index contributed by atoms with van der Waals surface area (Å²) < 4.78 is 0. The third kappa shape index (κ3) is 10.3. The van der Waals surface area contributed by atoms with E-state index in [0.29, 0.717) is 12.1 Å². The van der Waals surface area contributed by atoms with E-state index in [0.717, 1.165) is 31.5 Å². The molecule has 1 rings (SSSR count). The van der Waals surface area contributed by atoms with Crippen molar-refractivity contribution >= 4 is 11.6 Å². The first-order valence-corrected chi connectivity index (χ1v) is 11.1. The maximum absolute atomic E-state index is 12.9. The minimum Gasteiger partial charge on any atom is -0.361 e. The second-order valence-corrected chi connectivity index (χ2v) is 7.62. The monoisotopic (exact) mass is 373 g/mol. The highest BCUT2D eigenvalue weighted by Crippen LogP contribution is 2.14. The summed E-state index contributed by atoms with van der Waals surface area (Å²) >= 11 is 0. The van der Waals surface area contributed by atoms with Crippen molar-refractivity contribution in [2.75, 3.05) is 13.1 Å². The fourth-order valence-electron chi connectivity index (χ4n) is 3.43. The Morgan fingerprint density at radius 3 is 1.85 bits per heavy atom. The minimum absolute atomic E-state index is 0.130. The lowest BCUT2D eigenvalue weighted by molar-refractivity contribution is -0.127. The van der Waals surface area contributed by atoms with Crippen molar-refractivity contribution in [3.63, 3.8) is 0 Å². The van der Waals surface area contributed by atoms with Crippen LogP contribution in [-0.2, 0) is 4.79 Å². The predicted molar refractivity (Wildman–Crippen MR) is 114 cm³/mol. The molecule has 0 aliphatic heterocycles. The molecule has 4 nitrogen and oxygen atoms in total. The van der Waals surface area contributed by atoms with E-state index in [1.54, 1.807) is 12.2 Å². The van der Waals surface area contributed by atoms with Crippen LogP contribution in [0.4, 0.5) is 0 Å². The van der Waals surface area contributed by atoms with Gasteiger partial charge in [0.2, 0.25) is 0 Å². The topological polar surface area (TPSA) is 56.7 Å². The van der Waals surface area contributed by atoms with Crippen LogP contribution in [0.15, 0.2) is 23.8 Å². The SMILES string of the molecule is CCCCCCCCN(CCCCCCCC)C(=O)C1=CCC(=[N+]=[N-])C=C1. The molecule has 0 heterocycles. The van der Waals surface area contributed by atoms with Gasteiger partial charge in [0.1, 0.15) is 0 Å². The number of carbonyl (C=O) groups excluding carboxylic acids is 1. The van der Waals surface area contributed by atoms with Crippen LogP contribution < -0.4 is 0 Å². The molecule has 0 aromatic heterocycles. The zero-order chi connectivity index (χ0) is 19.7. The Balaban J connectivity index is 2.48. The third-order valence-corrected chi connectivity index (χ3v) is 5.21. The summed E-state index contributed by atoms with van der Waals surface area (Å²) in [6.07, 6.45) is 20.8. The van der Waals surface area contributed by atoms with Gasteiger partial charge >= 0.3 is 0 Å². The molecule has 4 heteroatoms. The molecule has 0 fully saturated rings. The molecule has 0 atom stereocenters. The molecule has 0 spiro atoms. The normalized spacial score (nSPS) is 13.4. The van der Waals surface area contributed by atoms with Gasteiger partial charge in [-0.25, -0.2) is 0 Å². The lowest BCUT2D eigenvalue weighted by Gasteiger charge is -2.24. The van der Waals surface area contributed by atoms with Gasteiger partial charge in [-0.1, -0.05) is 84.1 Å². The van der Waals surface area contributed by atoms with Gasteiger partial charge in [-0.2, -0.15) is 4.79 Å². The number of rotatable bonds is 15. The van der Waals surface area contributed by atoms with Gasteiger partial charge in [-0.15, -0.1) is 0 Å². The van der Waals surface area contributed by atoms with Crippen LogP contribution in [0.5, 0.6) is 0 Å². The molecule has 0 unspecified atom stereocenters. The second-order valence-electron chi connectivity index (χ2n) is 7.62. The van der Waals surface area contributed by atoms with Gasteiger partial charge in [-0.05, 0) is 18.9 Å². The lowest BCUT2D eigenvalue weighted by atomic mass is 10.0. The van der Waals surface area contributed by atoms with Crippen molar-refractivity contribution in [1.29, 1.82) is 0 Å². The van der Waals surface area contributed by atoms with Gasteiger partial charge in [0.25, 0.3) is 11.6 Å². The predicted octanol–water partition coefficient (Wildman–Crippen LogP) is 6.09. The number of nitrogens with zero attached hydrogens (tertiary/aromatic N) is 3. The summed E-state index contributed by atoms with van der Waals surface area (Å²) in [6.45, 7) is 6.18. The molecule has 0 radical (unpaired) electrons. The molecule has 0 aromatic rings. The van der Waals surface area contributed by atoms with E-state index in [-0.39, 0.29) is 5.91 Å². The first-order chi connectivity index (χ1) is 13.2. The van der Waals surface area contributed by atoms with E-state index in [9.17, 15) is 4.79 Å². The molecule has 0 aromatic carbocycles. The highest BCUT2D eigenvalue weighted by molar-refractivity contribution is 6.02. The van der Waals surface area contributed by atoms with Gasteiger partial charge in [0.15, 0.2) is 0 Å². The molecular formula is C23H39N3O. The fraction of sp³-hybridized carbons (Fsp3) is 0.739. The molecular weight excluding hydrogens is 334 g/mol. The average Bonchev–Trinajstić information content (AvgIpc) is 2.71. The zero-order valence-electron chi connectivity index (χ0n) is 17.6. The zero-order valence-corrected chi connectivity index (χ0v) is 17.6. The number of allylic oxidation sites excluding steroid dienone is 2. The van der Waals surface area contributed by atoms with Crippen LogP contribution in [0, 0.1) is 0 Å². The molecule has 27 heavy (non-hydrogen) atoms. The smallest absolute Gasteiger partial charge is 0.295 e. The van der Waals surface area contributed by atoms with Crippen LogP contribution in [0.3, 0.4) is 0 Å². The van der Waals surface area contributed by atoms with E-state index in [4.69, 9.17) is 5.53 Å². The Morgan fingerprint density at radius 1 is 0.889 bits per heavy atom. The van der Waals surface area contributed by atoms with Crippen LogP contribution in [0.25, 0.3) is 5.53 Å². The van der Waals surface area contributed by atoms with E-state index >= 15 is 0 Å². The van der Waals surface area contributed by atoms with Gasteiger partial charge in [0, 0.05) is 24.7 Å². The average molecular weight is 374 g/mol. The molecule has 1 amide bonds. The summed E-state index contributed by atoms with van der Waals surface area (Å²) in [5.41, 5.74) is 10.2. The maximum Gasteiger partial charge on any atom is 0.295 e. The highest BCUT2D eigenvalue weighted by atomic mass is 16.2. The van der Waals surface area contributed by atoms with Crippen LogP contribution in [0.2, 0.25) is 0 Å². The van der Waals surface area contributed by atoms with E-state index in [1.807, 2.05) is 11.0 Å². The first kappa shape index (κ1) is 23.4. The molecule has 0 saturated carbocycles. The molecule has 152 valence electrons. The number of hydrogen-bond acceptors (Lipinski definition) is 1. The van der Waals surface area contributed by atoms with E-state index < -0.39 is 0 Å². The number of carbonyl (C=O) groups is 1. The summed E-state index contributed by atoms with van der Waals surface area (Å²) in [6, 6.07) is 0. The van der Waals surface area contributed by atoms with Crippen molar-refractivity contribution in [2.45, 2.75) is 97.3 Å². The molecule has 1 aliphatic rings. The summed E-state index contributed by atoms with van der Waals surface area (Å²) in [4.78, 5) is 18.2. The standard InChI is InChI=1S/C23H39N3O/c1-3-5-7-9-11-13-19-26(20-14-12-10-8-6-4-2)23(27)21-15-17-22(25-24)18-16-21/h15-17H,3-14,18-20H2,1-2H3. The van der Waals surface area contributed by atoms with Crippen molar-refractivity contribution in [3.05, 3.63) is 29.3 Å². The van der Waals surface area contributed by atoms with Crippen molar-refractivity contribution in [2.24, 2.45) is 0 Å². The van der Waals surface area contributed by atoms with Crippen LogP contribution >= 0.6 is 0 Å². The number of amides is 1. The summed E-state index contributed by atoms with van der Waals surface area (Å²) in [5.74, 6) is 0.130. The van der Waals surface area contributed by atoms with E-state index in [2.05, 4.69) is 18.6 Å². The first-order valence-electron chi connectivity index (χ1n) is 11.1. The Morgan fingerprint density at radius 2 is 1.41 bits per heavy atom. The van der Waals surface area contributed by atoms with Crippen molar-refractivity contribution in [1.82, 2.24) is 4.90 Å². The minimum atomic E-state index is 0.130. The Kier molecular flexibility index (Phi) is 13.3. The van der Waals surface area contributed by atoms with Gasteiger partial charge in [-0.3, -0.25) is 4.79 Å². The Hall–Kier alpha value is -1.67. The quantitative estimate of drug-likeness (QED) is 0.194. The van der Waals surface area contributed by atoms with Crippen molar-refractivity contribution in [3.8, 4) is 0 Å². The molecule has 0 bridgehead atoms. The highest BCUT2D eigenvalue weighted by Gasteiger charge is 2.19. The van der Waals surface area contributed by atoms with Crippen molar-refractivity contribution < 1.29 is 9.58 Å². The number of hydrogen-bond donors (Lipinski definition) is 0. The summed E-state index contributed by atoms with van der Waals surface area (Å²) in [7, 11) is 0. The molecule has 1 aliphatic carbocycles. The Labute approximate surface area is 166 Å². The van der Waals surface area contributed by atoms with E-state index in [1.165, 1.54) is 64.2 Å². The number of unbranched alkanes of at least 4 members (excludes halogenated alkanes) is 10. The molecule has 0 saturated heterocycles. The van der Waals surface area contributed by atoms with Crippen LogP contribution in [0.1, 0.15) is 97.3 Å². The maximum atomic E-state index is 12.9. The third-order valence-electron chi connectivity index (χ3n) is 5.21. The molecule has 0 N–H and O–H groups in total. The fourth-order valence-corrected chi connectivity index (χ4v) is 3.43. The summed E-state index contributed by atoms with van der Waals surface area (Å²) in [5, 5.41) is 0. The Bertz CT molecular complexity index is 514. The van der Waals surface area contributed by atoms with Gasteiger partial charge in [0.05, 0.1) is 6.42 Å². The second kappa shape index (κ2) is 15.4. The lowest BCUT2D eigenvalue weighted by Crippen LogP contribution is -2.34.